The third-order valence-corrected chi connectivity index (χ3v) is 8.81. The molecule has 2 nitrogen and oxygen atoms in total. The molecule has 0 saturated heterocycles. The first-order valence-electron chi connectivity index (χ1n) is 15.0. The Morgan fingerprint density at radius 3 is 1.52 bits per heavy atom. The van der Waals surface area contributed by atoms with Crippen LogP contribution < -0.4 is 9.64 Å². The van der Waals surface area contributed by atoms with E-state index in [0.717, 1.165) is 28.6 Å². The monoisotopic (exact) mass is 561 g/mol. The van der Waals surface area contributed by atoms with Crippen LogP contribution in [0.15, 0.2) is 164 Å². The Morgan fingerprint density at radius 2 is 0.818 bits per heavy atom. The number of rotatable bonds is 3. The maximum atomic E-state index is 6.31. The van der Waals surface area contributed by atoms with Crippen molar-refractivity contribution < 1.29 is 4.74 Å². The molecule has 0 aromatic heterocycles. The van der Waals surface area contributed by atoms with Crippen LogP contribution in [0.2, 0.25) is 0 Å². The van der Waals surface area contributed by atoms with E-state index < -0.39 is 0 Å². The van der Waals surface area contributed by atoms with Gasteiger partial charge < -0.3 is 9.64 Å². The lowest BCUT2D eigenvalue weighted by molar-refractivity contribution is 0.477. The van der Waals surface area contributed by atoms with Crippen LogP contribution in [0, 0.1) is 0 Å². The number of ether oxygens (including phenoxy) is 1. The van der Waals surface area contributed by atoms with Gasteiger partial charge in [0.05, 0.1) is 11.4 Å². The number of hydrogen-bond donors (Lipinski definition) is 0. The fraction of sp³-hybridized carbons (Fsp3) is 0. The fourth-order valence-corrected chi connectivity index (χ4v) is 6.76. The largest absolute Gasteiger partial charge is 0.453 e. The highest BCUT2D eigenvalue weighted by Crippen LogP contribution is 2.51. The molecular weight excluding hydrogens is 534 g/mol. The van der Waals surface area contributed by atoms with E-state index in [1.807, 2.05) is 24.3 Å². The second-order valence-corrected chi connectivity index (χ2v) is 11.4. The number of para-hydroxylation sites is 4. The van der Waals surface area contributed by atoms with Crippen LogP contribution in [0.5, 0.6) is 11.5 Å². The van der Waals surface area contributed by atoms with E-state index in [9.17, 15) is 0 Å². The van der Waals surface area contributed by atoms with Crippen LogP contribution in [0.3, 0.4) is 0 Å². The molecule has 8 aromatic rings. The summed E-state index contributed by atoms with van der Waals surface area (Å²) in [6.45, 7) is 0. The second kappa shape index (κ2) is 9.86. The summed E-state index contributed by atoms with van der Waals surface area (Å²) < 4.78 is 6.31. The zero-order valence-corrected chi connectivity index (χ0v) is 23.9. The van der Waals surface area contributed by atoms with Gasteiger partial charge in [0.1, 0.15) is 0 Å². The highest BCUT2D eigenvalue weighted by molar-refractivity contribution is 6.26. The van der Waals surface area contributed by atoms with Crippen molar-refractivity contribution in [3.8, 4) is 33.8 Å². The summed E-state index contributed by atoms with van der Waals surface area (Å²) in [7, 11) is 0. The molecule has 0 unspecified atom stereocenters. The van der Waals surface area contributed by atoms with Crippen LogP contribution in [-0.4, -0.2) is 0 Å². The SMILES string of the molecule is c1ccc(-c2cccc(-c3ccc4c5ccccc5c5ccc(N6c7ccccc7Oc7ccccc76)cc5c4c3)c2)cc1. The molecule has 1 aliphatic heterocycles. The Balaban J connectivity index is 1.29. The van der Waals surface area contributed by atoms with Crippen LogP contribution in [0.1, 0.15) is 0 Å². The Morgan fingerprint density at radius 1 is 0.318 bits per heavy atom. The first kappa shape index (κ1) is 24.7. The fourth-order valence-electron chi connectivity index (χ4n) is 6.76. The topological polar surface area (TPSA) is 12.5 Å². The van der Waals surface area contributed by atoms with Crippen molar-refractivity contribution in [1.82, 2.24) is 0 Å². The van der Waals surface area contributed by atoms with Gasteiger partial charge in [-0.05, 0) is 103 Å². The Kier molecular flexibility index (Phi) is 5.54. The van der Waals surface area contributed by atoms with Gasteiger partial charge in [0.2, 0.25) is 0 Å². The Bertz CT molecular complexity index is 2330. The molecule has 0 fully saturated rings. The zero-order chi connectivity index (χ0) is 29.0. The Labute approximate surface area is 256 Å². The molecule has 0 bridgehead atoms. The molecule has 0 spiro atoms. The molecule has 9 rings (SSSR count). The molecule has 44 heavy (non-hydrogen) atoms. The summed E-state index contributed by atoms with van der Waals surface area (Å²) in [5, 5.41) is 7.53. The van der Waals surface area contributed by atoms with Crippen molar-refractivity contribution in [1.29, 1.82) is 0 Å². The molecule has 0 saturated carbocycles. The quantitative estimate of drug-likeness (QED) is 0.199. The second-order valence-electron chi connectivity index (χ2n) is 11.4. The molecule has 0 atom stereocenters. The van der Waals surface area contributed by atoms with Gasteiger partial charge >= 0.3 is 0 Å². The van der Waals surface area contributed by atoms with Crippen LogP contribution in [0.4, 0.5) is 17.1 Å². The summed E-state index contributed by atoms with van der Waals surface area (Å²) in [4.78, 5) is 2.32. The third kappa shape index (κ3) is 3.89. The molecule has 2 heteroatoms. The lowest BCUT2D eigenvalue weighted by Crippen LogP contribution is -2.15. The minimum Gasteiger partial charge on any atom is -0.453 e. The predicted octanol–water partition coefficient (Wildman–Crippen LogP) is 12.1. The van der Waals surface area contributed by atoms with Gasteiger partial charge in [-0.3, -0.25) is 0 Å². The summed E-state index contributed by atoms with van der Waals surface area (Å²) in [5.74, 6) is 1.71. The molecule has 0 N–H and O–H groups in total. The van der Waals surface area contributed by atoms with Gasteiger partial charge in [0.25, 0.3) is 0 Å². The number of anilines is 3. The lowest BCUT2D eigenvalue weighted by Gasteiger charge is -2.33. The number of benzene rings is 8. The van der Waals surface area contributed by atoms with Gasteiger partial charge in [0, 0.05) is 5.69 Å². The van der Waals surface area contributed by atoms with Crippen molar-refractivity contribution in [2.45, 2.75) is 0 Å². The van der Waals surface area contributed by atoms with E-state index in [1.54, 1.807) is 0 Å². The maximum Gasteiger partial charge on any atom is 0.151 e. The predicted molar refractivity (Wildman–Crippen MR) is 185 cm³/mol. The van der Waals surface area contributed by atoms with E-state index in [0.29, 0.717) is 0 Å². The summed E-state index contributed by atoms with van der Waals surface area (Å²) >= 11 is 0. The van der Waals surface area contributed by atoms with Gasteiger partial charge in [-0.2, -0.15) is 0 Å². The maximum absolute atomic E-state index is 6.31. The van der Waals surface area contributed by atoms with Gasteiger partial charge in [0.15, 0.2) is 11.5 Å². The highest BCUT2D eigenvalue weighted by Gasteiger charge is 2.25. The third-order valence-electron chi connectivity index (χ3n) is 8.81. The van der Waals surface area contributed by atoms with Crippen LogP contribution in [-0.2, 0) is 0 Å². The van der Waals surface area contributed by atoms with Gasteiger partial charge in [-0.15, -0.1) is 0 Å². The van der Waals surface area contributed by atoms with Crippen molar-refractivity contribution in [3.05, 3.63) is 164 Å². The van der Waals surface area contributed by atoms with Crippen molar-refractivity contribution in [3.63, 3.8) is 0 Å². The average Bonchev–Trinajstić information content (AvgIpc) is 3.10. The van der Waals surface area contributed by atoms with Crippen LogP contribution >= 0.6 is 0 Å². The first-order valence-corrected chi connectivity index (χ1v) is 15.0. The van der Waals surface area contributed by atoms with E-state index in [-0.39, 0.29) is 0 Å². The lowest BCUT2D eigenvalue weighted by atomic mass is 9.91. The molecule has 0 aliphatic carbocycles. The summed E-state index contributed by atoms with van der Waals surface area (Å²) in [6.07, 6.45) is 0. The number of nitrogens with zero attached hydrogens (tertiary/aromatic N) is 1. The minimum atomic E-state index is 0.857. The molecular formula is C42H27NO. The average molecular weight is 562 g/mol. The molecule has 206 valence electrons. The smallest absolute Gasteiger partial charge is 0.151 e. The minimum absolute atomic E-state index is 0.857. The number of hydrogen-bond acceptors (Lipinski definition) is 2. The van der Waals surface area contributed by atoms with Crippen molar-refractivity contribution >= 4 is 49.4 Å². The van der Waals surface area contributed by atoms with E-state index >= 15 is 0 Å². The molecule has 1 aliphatic rings. The van der Waals surface area contributed by atoms with E-state index in [2.05, 4.69) is 144 Å². The Hall–Kier alpha value is -5.86. The normalized spacial score (nSPS) is 12.2. The van der Waals surface area contributed by atoms with Gasteiger partial charge in [-0.25, -0.2) is 0 Å². The zero-order valence-electron chi connectivity index (χ0n) is 23.9. The van der Waals surface area contributed by atoms with E-state index in [1.165, 1.54) is 54.6 Å². The summed E-state index contributed by atoms with van der Waals surface area (Å²) in [6, 6.07) is 58.6. The summed E-state index contributed by atoms with van der Waals surface area (Å²) in [5.41, 5.74) is 8.04. The van der Waals surface area contributed by atoms with Crippen LogP contribution in [0.25, 0.3) is 54.6 Å². The van der Waals surface area contributed by atoms with E-state index in [4.69, 9.17) is 4.74 Å². The van der Waals surface area contributed by atoms with Crippen molar-refractivity contribution in [2.75, 3.05) is 4.90 Å². The van der Waals surface area contributed by atoms with Crippen molar-refractivity contribution in [2.24, 2.45) is 0 Å². The highest BCUT2D eigenvalue weighted by atomic mass is 16.5. The molecule has 0 radical (unpaired) electrons. The standard InChI is InChI=1S/C42H27NO/c1-2-11-28(12-3-1)29-13-10-14-30(25-29)31-21-23-35-33-15-4-5-16-34(33)36-24-22-32(27-38(36)37(35)26-31)43-39-17-6-8-19-41(39)44-42-20-9-7-18-40(42)43/h1-27H. The number of fused-ring (bicyclic) bond motifs is 8. The molecule has 8 aromatic carbocycles. The molecule has 1 heterocycles. The van der Waals surface area contributed by atoms with Gasteiger partial charge in [-0.1, -0.05) is 115 Å². The molecule has 0 amide bonds. The first-order chi connectivity index (χ1) is 21.8.